The first-order valence-corrected chi connectivity index (χ1v) is 9.49. The van der Waals surface area contributed by atoms with Gasteiger partial charge in [0.1, 0.15) is 5.82 Å². The van der Waals surface area contributed by atoms with Gasteiger partial charge in [-0.05, 0) is 43.4 Å². The van der Waals surface area contributed by atoms with Gasteiger partial charge in [-0.3, -0.25) is 14.8 Å². The van der Waals surface area contributed by atoms with Crippen molar-refractivity contribution in [3.05, 3.63) is 47.0 Å². The summed E-state index contributed by atoms with van der Waals surface area (Å²) in [5, 5.41) is 7.10. The van der Waals surface area contributed by atoms with E-state index in [2.05, 4.69) is 46.1 Å². The number of aromatic amines is 1. The Morgan fingerprint density at radius 3 is 2.58 bits per heavy atom. The fourth-order valence-corrected chi connectivity index (χ4v) is 3.43. The number of H-pyrrole nitrogens is 1. The van der Waals surface area contributed by atoms with Crippen molar-refractivity contribution < 1.29 is 4.79 Å². The Bertz CT molecular complexity index is 722. The summed E-state index contributed by atoms with van der Waals surface area (Å²) in [6.45, 7) is 10.4. The summed E-state index contributed by atoms with van der Waals surface area (Å²) in [5.41, 5.74) is 2.08. The second-order valence-corrected chi connectivity index (χ2v) is 7.55. The van der Waals surface area contributed by atoms with Crippen LogP contribution in [0.2, 0.25) is 0 Å². The number of aromatic nitrogens is 3. The van der Waals surface area contributed by atoms with Gasteiger partial charge in [-0.25, -0.2) is 4.98 Å². The number of hydrogen-bond acceptors (Lipinski definition) is 4. The Labute approximate surface area is 155 Å². The van der Waals surface area contributed by atoms with E-state index >= 15 is 0 Å². The van der Waals surface area contributed by atoms with E-state index in [0.717, 1.165) is 62.8 Å². The van der Waals surface area contributed by atoms with Crippen LogP contribution in [0.1, 0.15) is 47.8 Å². The lowest BCUT2D eigenvalue weighted by molar-refractivity contribution is 0.0761. The third-order valence-corrected chi connectivity index (χ3v) is 4.73. The van der Waals surface area contributed by atoms with Crippen LogP contribution in [0.25, 0.3) is 0 Å². The Morgan fingerprint density at radius 2 is 1.92 bits per heavy atom. The topological polar surface area (TPSA) is 65.1 Å². The molecule has 6 nitrogen and oxygen atoms in total. The van der Waals surface area contributed by atoms with Crippen LogP contribution in [0.4, 0.5) is 0 Å². The van der Waals surface area contributed by atoms with Crippen molar-refractivity contribution in [1.29, 1.82) is 0 Å². The van der Waals surface area contributed by atoms with Gasteiger partial charge < -0.3 is 4.90 Å². The minimum absolute atomic E-state index is 0.136. The monoisotopic (exact) mass is 355 g/mol. The molecule has 0 atom stereocenters. The maximum absolute atomic E-state index is 12.8. The summed E-state index contributed by atoms with van der Waals surface area (Å²) in [7, 11) is 0. The van der Waals surface area contributed by atoms with E-state index in [1.807, 2.05) is 24.0 Å². The largest absolute Gasteiger partial charge is 0.337 e. The molecule has 26 heavy (non-hydrogen) atoms. The minimum atomic E-state index is 0.136. The number of benzene rings is 1. The first kappa shape index (κ1) is 18.6. The summed E-state index contributed by atoms with van der Waals surface area (Å²) in [6.07, 6.45) is 2.02. The Balaban J connectivity index is 1.56. The minimum Gasteiger partial charge on any atom is -0.337 e. The molecule has 6 heteroatoms. The molecular weight excluding hydrogens is 326 g/mol. The number of carbonyl (C=O) groups is 1. The highest BCUT2D eigenvalue weighted by atomic mass is 16.2. The zero-order valence-corrected chi connectivity index (χ0v) is 16.0. The van der Waals surface area contributed by atoms with Crippen LogP contribution in [0.15, 0.2) is 24.3 Å². The predicted molar refractivity (Wildman–Crippen MR) is 102 cm³/mol. The van der Waals surface area contributed by atoms with Gasteiger partial charge in [0.15, 0.2) is 5.82 Å². The van der Waals surface area contributed by atoms with Crippen molar-refractivity contribution in [2.45, 2.75) is 40.2 Å². The van der Waals surface area contributed by atoms with Crippen LogP contribution < -0.4 is 0 Å². The molecule has 1 amide bonds. The summed E-state index contributed by atoms with van der Waals surface area (Å²) >= 11 is 0. The molecule has 2 heterocycles. The molecule has 0 bridgehead atoms. The van der Waals surface area contributed by atoms with E-state index < -0.39 is 0 Å². The molecule has 0 radical (unpaired) electrons. The van der Waals surface area contributed by atoms with Crippen molar-refractivity contribution >= 4 is 5.91 Å². The Kier molecular flexibility index (Phi) is 6.04. The lowest BCUT2D eigenvalue weighted by Crippen LogP contribution is -2.35. The molecular formula is C20H29N5O. The van der Waals surface area contributed by atoms with Crippen molar-refractivity contribution in [1.82, 2.24) is 25.0 Å². The highest BCUT2D eigenvalue weighted by Gasteiger charge is 2.21. The van der Waals surface area contributed by atoms with Gasteiger partial charge in [0.25, 0.3) is 5.91 Å². The van der Waals surface area contributed by atoms with Crippen LogP contribution in [0.3, 0.4) is 0 Å². The normalized spacial score (nSPS) is 16.1. The molecule has 1 aliphatic heterocycles. The summed E-state index contributed by atoms with van der Waals surface area (Å²) in [4.78, 5) is 21.5. The predicted octanol–water partition coefficient (Wildman–Crippen LogP) is 2.66. The van der Waals surface area contributed by atoms with E-state index in [1.54, 1.807) is 0 Å². The first-order valence-electron chi connectivity index (χ1n) is 9.49. The van der Waals surface area contributed by atoms with Crippen molar-refractivity contribution in [2.75, 3.05) is 26.2 Å². The number of nitrogens with one attached hydrogen (secondary N) is 1. The zero-order valence-electron chi connectivity index (χ0n) is 16.0. The third-order valence-electron chi connectivity index (χ3n) is 4.73. The molecule has 0 saturated carbocycles. The average molecular weight is 355 g/mol. The Hall–Kier alpha value is -2.21. The molecule has 2 aromatic rings. The van der Waals surface area contributed by atoms with E-state index in [9.17, 15) is 4.79 Å². The van der Waals surface area contributed by atoms with Crippen LogP contribution in [0.5, 0.6) is 0 Å². The second-order valence-electron chi connectivity index (χ2n) is 7.55. The van der Waals surface area contributed by atoms with E-state index in [4.69, 9.17) is 0 Å². The molecule has 1 aromatic heterocycles. The summed E-state index contributed by atoms with van der Waals surface area (Å²) < 4.78 is 0. The third kappa shape index (κ3) is 4.91. The maximum Gasteiger partial charge on any atom is 0.253 e. The molecule has 0 aliphatic carbocycles. The molecule has 1 aliphatic rings. The van der Waals surface area contributed by atoms with E-state index in [0.29, 0.717) is 5.92 Å². The van der Waals surface area contributed by atoms with Crippen LogP contribution >= 0.6 is 0 Å². The SMILES string of the molecule is Cc1nc(CN2CCCN(C(=O)c3ccc(CC(C)C)cc3)CC2)n[nH]1. The number of amides is 1. The lowest BCUT2D eigenvalue weighted by Gasteiger charge is -2.21. The molecule has 1 fully saturated rings. The molecule has 0 spiro atoms. The zero-order chi connectivity index (χ0) is 18.5. The average Bonchev–Trinajstić information content (AvgIpc) is 2.88. The summed E-state index contributed by atoms with van der Waals surface area (Å²) in [5.74, 6) is 2.42. The van der Waals surface area contributed by atoms with E-state index in [1.165, 1.54) is 5.56 Å². The number of aryl methyl sites for hydroxylation is 1. The van der Waals surface area contributed by atoms with Gasteiger partial charge in [0, 0.05) is 31.7 Å². The Morgan fingerprint density at radius 1 is 1.15 bits per heavy atom. The molecule has 0 unspecified atom stereocenters. The molecule has 1 N–H and O–H groups in total. The summed E-state index contributed by atoms with van der Waals surface area (Å²) in [6, 6.07) is 8.12. The van der Waals surface area contributed by atoms with Crippen LogP contribution in [0, 0.1) is 12.8 Å². The van der Waals surface area contributed by atoms with Gasteiger partial charge in [-0.2, -0.15) is 5.10 Å². The number of carbonyl (C=O) groups excluding carboxylic acids is 1. The number of rotatable bonds is 5. The fraction of sp³-hybridized carbons (Fsp3) is 0.550. The molecule has 1 saturated heterocycles. The van der Waals surface area contributed by atoms with Gasteiger partial charge in [0.05, 0.1) is 6.54 Å². The molecule has 140 valence electrons. The standard InChI is InChI=1S/C20H29N5O/c1-15(2)13-17-5-7-18(8-6-17)20(26)25-10-4-9-24(11-12-25)14-19-21-16(3)22-23-19/h5-8,15H,4,9-14H2,1-3H3,(H,21,22,23). The van der Waals surface area contributed by atoms with Crippen LogP contribution in [-0.4, -0.2) is 57.1 Å². The maximum atomic E-state index is 12.8. The number of nitrogens with zero attached hydrogens (tertiary/aromatic N) is 4. The smallest absolute Gasteiger partial charge is 0.253 e. The number of hydrogen-bond donors (Lipinski definition) is 1. The molecule has 3 rings (SSSR count). The van der Waals surface area contributed by atoms with Gasteiger partial charge in [0.2, 0.25) is 0 Å². The van der Waals surface area contributed by atoms with E-state index in [-0.39, 0.29) is 5.91 Å². The van der Waals surface area contributed by atoms with Gasteiger partial charge in [-0.1, -0.05) is 26.0 Å². The first-order chi connectivity index (χ1) is 12.5. The fourth-order valence-electron chi connectivity index (χ4n) is 3.43. The highest BCUT2D eigenvalue weighted by molar-refractivity contribution is 5.94. The molecule has 1 aromatic carbocycles. The quantitative estimate of drug-likeness (QED) is 0.895. The lowest BCUT2D eigenvalue weighted by atomic mass is 10.0. The van der Waals surface area contributed by atoms with Gasteiger partial charge >= 0.3 is 0 Å². The van der Waals surface area contributed by atoms with Crippen LogP contribution in [-0.2, 0) is 13.0 Å². The van der Waals surface area contributed by atoms with Crippen molar-refractivity contribution in [3.8, 4) is 0 Å². The second kappa shape index (κ2) is 8.45. The van der Waals surface area contributed by atoms with Crippen molar-refractivity contribution in [2.24, 2.45) is 5.92 Å². The van der Waals surface area contributed by atoms with Crippen molar-refractivity contribution in [3.63, 3.8) is 0 Å². The van der Waals surface area contributed by atoms with Gasteiger partial charge in [-0.15, -0.1) is 0 Å². The highest BCUT2D eigenvalue weighted by Crippen LogP contribution is 2.14.